The molecule has 26 heavy (non-hydrogen) atoms. The minimum Gasteiger partial charge on any atom is -0.495 e. The number of halogens is 1. The van der Waals surface area contributed by atoms with E-state index in [1.54, 1.807) is 48.5 Å². The second-order valence-electron chi connectivity index (χ2n) is 5.55. The number of furan rings is 1. The molecule has 0 atom stereocenters. The molecule has 1 aliphatic rings. The molecule has 0 aliphatic carbocycles. The first-order valence-electron chi connectivity index (χ1n) is 7.63. The van der Waals surface area contributed by atoms with Crippen LogP contribution in [-0.4, -0.2) is 21.4 Å². The largest absolute Gasteiger partial charge is 0.495 e. The van der Waals surface area contributed by atoms with Gasteiger partial charge in [-0.15, -0.1) is 4.40 Å². The highest BCUT2D eigenvalue weighted by Gasteiger charge is 2.26. The van der Waals surface area contributed by atoms with Crippen LogP contribution in [-0.2, 0) is 10.0 Å². The van der Waals surface area contributed by atoms with E-state index in [1.807, 2.05) is 0 Å². The quantitative estimate of drug-likeness (QED) is 0.728. The Morgan fingerprint density at radius 3 is 2.62 bits per heavy atom. The number of sulfonamides is 1. The molecule has 0 amide bonds. The molecule has 0 saturated heterocycles. The fraction of sp³-hybridized carbons (Fsp3) is 0.0556. The number of nitrogens with zero attached hydrogens (tertiary/aromatic N) is 1. The number of ether oxygens (including phenoxy) is 1. The van der Waals surface area contributed by atoms with E-state index >= 15 is 0 Å². The van der Waals surface area contributed by atoms with E-state index in [2.05, 4.69) is 9.71 Å². The topological polar surface area (TPSA) is 80.9 Å². The lowest BCUT2D eigenvalue weighted by molar-refractivity contribution is 0.415. The number of rotatable bonds is 3. The monoisotopic (exact) mass is 388 g/mol. The summed E-state index contributed by atoms with van der Waals surface area (Å²) in [5.41, 5.74) is 1.20. The van der Waals surface area contributed by atoms with E-state index in [9.17, 15) is 8.42 Å². The van der Waals surface area contributed by atoms with Gasteiger partial charge in [0, 0.05) is 5.56 Å². The zero-order chi connectivity index (χ0) is 18.3. The Bertz CT molecular complexity index is 1140. The van der Waals surface area contributed by atoms with E-state index in [1.165, 1.54) is 13.2 Å². The van der Waals surface area contributed by atoms with Gasteiger partial charge >= 0.3 is 0 Å². The summed E-state index contributed by atoms with van der Waals surface area (Å²) >= 11 is 6.15. The van der Waals surface area contributed by atoms with Crippen LogP contribution in [0.25, 0.3) is 11.3 Å². The van der Waals surface area contributed by atoms with Crippen LogP contribution in [0.2, 0.25) is 5.02 Å². The molecule has 1 aliphatic heterocycles. The molecular weight excluding hydrogens is 376 g/mol. The molecule has 0 spiro atoms. The Labute approximate surface area is 155 Å². The minimum absolute atomic E-state index is 0.134. The number of hydrogen-bond donors (Lipinski definition) is 1. The fourth-order valence-corrected chi connectivity index (χ4v) is 4.04. The Kier molecular flexibility index (Phi) is 3.97. The Morgan fingerprint density at radius 2 is 1.85 bits per heavy atom. The van der Waals surface area contributed by atoms with E-state index in [0.29, 0.717) is 28.0 Å². The summed E-state index contributed by atoms with van der Waals surface area (Å²) in [6, 6.07) is 15.2. The van der Waals surface area contributed by atoms with Gasteiger partial charge < -0.3 is 14.5 Å². The molecule has 0 saturated carbocycles. The van der Waals surface area contributed by atoms with Gasteiger partial charge in [0.2, 0.25) is 0 Å². The first-order chi connectivity index (χ1) is 12.5. The van der Waals surface area contributed by atoms with Crippen LogP contribution in [0.3, 0.4) is 0 Å². The predicted octanol–water partition coefficient (Wildman–Crippen LogP) is 4.17. The van der Waals surface area contributed by atoms with Crippen molar-refractivity contribution in [2.45, 2.75) is 4.90 Å². The molecule has 6 nitrogen and oxygen atoms in total. The van der Waals surface area contributed by atoms with Gasteiger partial charge in [0.15, 0.2) is 11.6 Å². The van der Waals surface area contributed by atoms with Gasteiger partial charge in [0.1, 0.15) is 16.4 Å². The van der Waals surface area contributed by atoms with E-state index in [0.717, 1.165) is 5.56 Å². The average Bonchev–Trinajstić information content (AvgIpc) is 3.11. The van der Waals surface area contributed by atoms with Crippen molar-refractivity contribution in [3.8, 4) is 17.1 Å². The molecule has 1 aromatic heterocycles. The summed E-state index contributed by atoms with van der Waals surface area (Å²) in [6.45, 7) is 0. The molecule has 0 fully saturated rings. The third-order valence-corrected chi connectivity index (χ3v) is 5.54. The lowest BCUT2D eigenvalue weighted by atomic mass is 10.2. The number of para-hydroxylation sites is 1. The molecule has 2 aromatic carbocycles. The van der Waals surface area contributed by atoms with Crippen LogP contribution < -0.4 is 10.1 Å². The van der Waals surface area contributed by atoms with Crippen LogP contribution in [0.4, 0.5) is 5.69 Å². The van der Waals surface area contributed by atoms with Crippen molar-refractivity contribution in [1.82, 2.24) is 0 Å². The molecule has 3 aromatic rings. The second kappa shape index (κ2) is 6.19. The van der Waals surface area contributed by atoms with Crippen molar-refractivity contribution in [3.05, 3.63) is 65.4 Å². The van der Waals surface area contributed by atoms with Gasteiger partial charge in [-0.1, -0.05) is 23.7 Å². The smallest absolute Gasteiger partial charge is 0.286 e. The highest BCUT2D eigenvalue weighted by Crippen LogP contribution is 2.33. The maximum absolute atomic E-state index is 12.3. The highest BCUT2D eigenvalue weighted by atomic mass is 35.5. The second-order valence-corrected chi connectivity index (χ2v) is 7.53. The van der Waals surface area contributed by atoms with Crippen LogP contribution >= 0.6 is 11.6 Å². The summed E-state index contributed by atoms with van der Waals surface area (Å²) in [4.78, 5) is 0.137. The van der Waals surface area contributed by atoms with Gasteiger partial charge in [-0.3, -0.25) is 0 Å². The lowest BCUT2D eigenvalue weighted by Gasteiger charge is -2.16. The van der Waals surface area contributed by atoms with Gasteiger partial charge in [0.05, 0.1) is 17.8 Å². The Balaban J connectivity index is 1.71. The molecule has 1 N–H and O–H groups in total. The fourth-order valence-electron chi connectivity index (χ4n) is 2.66. The Morgan fingerprint density at radius 1 is 1.08 bits per heavy atom. The molecule has 2 heterocycles. The third kappa shape index (κ3) is 2.85. The molecular formula is C18H13ClN2O4S. The van der Waals surface area contributed by atoms with E-state index < -0.39 is 10.0 Å². The molecule has 4 rings (SSSR count). The summed E-state index contributed by atoms with van der Waals surface area (Å²) in [7, 11) is -2.24. The summed E-state index contributed by atoms with van der Waals surface area (Å²) in [5, 5.41) is 3.45. The van der Waals surface area contributed by atoms with E-state index in [-0.39, 0.29) is 10.7 Å². The van der Waals surface area contributed by atoms with Crippen LogP contribution in [0, 0.1) is 0 Å². The summed E-state index contributed by atoms with van der Waals surface area (Å²) in [6.07, 6.45) is 0. The SMILES string of the molecule is COc1ccc(-c2ccc(C3=NS(=O)(=O)c4ccccc4N3)o2)cc1Cl. The van der Waals surface area contributed by atoms with Crippen molar-refractivity contribution >= 4 is 33.1 Å². The number of anilines is 1. The van der Waals surface area contributed by atoms with Crippen LogP contribution in [0.15, 0.2) is 68.3 Å². The van der Waals surface area contributed by atoms with Gasteiger partial charge in [-0.2, -0.15) is 8.42 Å². The molecule has 132 valence electrons. The van der Waals surface area contributed by atoms with Crippen LogP contribution in [0.5, 0.6) is 5.75 Å². The summed E-state index contributed by atoms with van der Waals surface area (Å²) < 4.78 is 39.4. The number of nitrogens with one attached hydrogen (secondary N) is 1. The number of fused-ring (bicyclic) bond motifs is 1. The first kappa shape index (κ1) is 16.7. The van der Waals surface area contributed by atoms with Crippen molar-refractivity contribution in [1.29, 1.82) is 0 Å². The Hall–Kier alpha value is -2.77. The standard InChI is InChI=1S/C18H13ClN2O4S/c1-24-15-7-6-11(10-12(15)19)14-8-9-16(25-14)18-20-13-4-2-3-5-17(13)26(22,23)21-18/h2-10H,1H3,(H,20,21). The van der Waals surface area contributed by atoms with Crippen molar-refractivity contribution in [2.24, 2.45) is 4.40 Å². The van der Waals surface area contributed by atoms with Gasteiger partial charge in [0.25, 0.3) is 10.0 Å². The van der Waals surface area contributed by atoms with Crippen LogP contribution in [0.1, 0.15) is 5.76 Å². The average molecular weight is 389 g/mol. The molecule has 0 bridgehead atoms. The number of amidine groups is 1. The molecule has 0 radical (unpaired) electrons. The van der Waals surface area contributed by atoms with Gasteiger partial charge in [-0.25, -0.2) is 0 Å². The molecule has 0 unspecified atom stereocenters. The zero-order valence-corrected chi connectivity index (χ0v) is 15.1. The van der Waals surface area contributed by atoms with Crippen molar-refractivity contribution in [3.63, 3.8) is 0 Å². The maximum atomic E-state index is 12.3. The van der Waals surface area contributed by atoms with Crippen molar-refractivity contribution < 1.29 is 17.6 Å². The molecule has 8 heteroatoms. The maximum Gasteiger partial charge on any atom is 0.286 e. The predicted molar refractivity (Wildman–Crippen MR) is 99.5 cm³/mol. The summed E-state index contributed by atoms with van der Waals surface area (Å²) in [5.74, 6) is 1.54. The van der Waals surface area contributed by atoms with Crippen molar-refractivity contribution in [2.75, 3.05) is 12.4 Å². The van der Waals surface area contributed by atoms with E-state index in [4.69, 9.17) is 20.8 Å². The number of hydrogen-bond acceptors (Lipinski definition) is 5. The van der Waals surface area contributed by atoms with Gasteiger partial charge in [-0.05, 0) is 42.5 Å². The normalized spacial score (nSPS) is 14.9. The number of methoxy groups -OCH3 is 1. The zero-order valence-electron chi connectivity index (χ0n) is 13.6. The minimum atomic E-state index is -3.78. The first-order valence-corrected chi connectivity index (χ1v) is 9.45. The lowest BCUT2D eigenvalue weighted by Crippen LogP contribution is -2.21. The highest BCUT2D eigenvalue weighted by molar-refractivity contribution is 7.90. The number of benzene rings is 2. The third-order valence-electron chi connectivity index (χ3n) is 3.91.